The maximum absolute atomic E-state index is 11.7. The number of benzene rings is 1. The van der Waals surface area contributed by atoms with Crippen molar-refractivity contribution in [1.29, 1.82) is 0 Å². The van der Waals surface area contributed by atoms with Crippen LogP contribution in [0.4, 0.5) is 15.3 Å². The molecule has 1 aliphatic heterocycles. The minimum Gasteiger partial charge on any atom is -0.454 e. The molecule has 2 rings (SSSR count). The molecule has 0 spiro atoms. The number of hydrogen-bond acceptors (Lipinski definition) is 4. The Bertz CT molecular complexity index is 489. The largest absolute Gasteiger partial charge is 0.454 e. The average molecular weight is 251 g/mol. The van der Waals surface area contributed by atoms with Crippen LogP contribution in [0.3, 0.4) is 0 Å². The number of amides is 4. The number of nitrogens with zero attached hydrogens (tertiary/aromatic N) is 1. The third kappa shape index (κ3) is 2.29. The second-order valence-corrected chi connectivity index (χ2v) is 3.61. The molecule has 96 valence electrons. The van der Waals surface area contributed by atoms with Gasteiger partial charge in [0.05, 0.1) is 0 Å². The van der Waals surface area contributed by atoms with Gasteiger partial charge < -0.3 is 20.1 Å². The summed E-state index contributed by atoms with van der Waals surface area (Å²) in [6, 6.07) is 3.97. The van der Waals surface area contributed by atoms with E-state index in [2.05, 4.69) is 10.6 Å². The van der Waals surface area contributed by atoms with Crippen molar-refractivity contribution in [2.24, 2.45) is 0 Å². The molecule has 1 aliphatic rings. The van der Waals surface area contributed by atoms with Crippen molar-refractivity contribution in [1.82, 2.24) is 10.2 Å². The smallest absolute Gasteiger partial charge is 0.329 e. The van der Waals surface area contributed by atoms with Crippen molar-refractivity contribution in [3.05, 3.63) is 18.2 Å². The first-order valence-corrected chi connectivity index (χ1v) is 5.28. The van der Waals surface area contributed by atoms with E-state index in [9.17, 15) is 9.59 Å². The van der Waals surface area contributed by atoms with Crippen LogP contribution in [0, 0.1) is 0 Å². The van der Waals surface area contributed by atoms with Crippen LogP contribution < -0.4 is 20.1 Å². The molecular weight excluding hydrogens is 238 g/mol. The average Bonchev–Trinajstić information content (AvgIpc) is 2.84. The van der Waals surface area contributed by atoms with Crippen LogP contribution in [0.15, 0.2) is 18.2 Å². The molecule has 1 aromatic carbocycles. The van der Waals surface area contributed by atoms with Gasteiger partial charge in [0.15, 0.2) is 11.5 Å². The first-order chi connectivity index (χ1) is 8.61. The Morgan fingerprint density at radius 3 is 2.67 bits per heavy atom. The van der Waals surface area contributed by atoms with Gasteiger partial charge in [0.25, 0.3) is 0 Å². The van der Waals surface area contributed by atoms with E-state index in [0.29, 0.717) is 17.2 Å². The number of ether oxygens (including phenoxy) is 2. The van der Waals surface area contributed by atoms with Gasteiger partial charge in [0.2, 0.25) is 6.79 Å². The van der Waals surface area contributed by atoms with E-state index in [4.69, 9.17) is 9.47 Å². The number of carbonyl (C=O) groups excluding carboxylic acids is 2. The highest BCUT2D eigenvalue weighted by atomic mass is 16.7. The van der Waals surface area contributed by atoms with Crippen molar-refractivity contribution >= 4 is 17.7 Å². The van der Waals surface area contributed by atoms with Crippen LogP contribution >= 0.6 is 0 Å². The molecule has 2 N–H and O–H groups in total. The summed E-state index contributed by atoms with van der Waals surface area (Å²) in [6.45, 7) is 0.172. The first kappa shape index (κ1) is 12.0. The number of hydrogen-bond donors (Lipinski definition) is 2. The van der Waals surface area contributed by atoms with Crippen LogP contribution in [0.2, 0.25) is 0 Å². The Hall–Kier alpha value is -2.44. The maximum Gasteiger partial charge on any atom is 0.329 e. The van der Waals surface area contributed by atoms with E-state index in [-0.39, 0.29) is 6.79 Å². The minimum atomic E-state index is -0.534. The monoisotopic (exact) mass is 251 g/mol. The number of carbonyl (C=O) groups is 2. The number of rotatable bonds is 1. The summed E-state index contributed by atoms with van der Waals surface area (Å²) in [5, 5.41) is 4.93. The Morgan fingerprint density at radius 1 is 1.22 bits per heavy atom. The second-order valence-electron chi connectivity index (χ2n) is 3.61. The fourth-order valence-electron chi connectivity index (χ4n) is 1.44. The van der Waals surface area contributed by atoms with Crippen molar-refractivity contribution in [2.45, 2.75) is 0 Å². The topological polar surface area (TPSA) is 79.9 Å². The number of imide groups is 1. The molecule has 0 aliphatic carbocycles. The van der Waals surface area contributed by atoms with Gasteiger partial charge in [-0.3, -0.25) is 0 Å². The molecule has 1 aromatic rings. The van der Waals surface area contributed by atoms with Crippen LogP contribution in [0.1, 0.15) is 0 Å². The lowest BCUT2D eigenvalue weighted by atomic mass is 10.3. The van der Waals surface area contributed by atoms with Gasteiger partial charge in [-0.15, -0.1) is 0 Å². The molecule has 7 nitrogen and oxygen atoms in total. The lowest BCUT2D eigenvalue weighted by Gasteiger charge is -2.15. The van der Waals surface area contributed by atoms with Crippen molar-refractivity contribution in [3.63, 3.8) is 0 Å². The van der Waals surface area contributed by atoms with E-state index in [0.717, 1.165) is 4.90 Å². The normalized spacial score (nSPS) is 11.9. The zero-order valence-electron chi connectivity index (χ0n) is 10.0. The molecule has 18 heavy (non-hydrogen) atoms. The van der Waals surface area contributed by atoms with Crippen LogP contribution in [0.5, 0.6) is 11.5 Å². The Kier molecular flexibility index (Phi) is 3.22. The van der Waals surface area contributed by atoms with Gasteiger partial charge in [0, 0.05) is 25.8 Å². The van der Waals surface area contributed by atoms with Crippen molar-refractivity contribution in [3.8, 4) is 11.5 Å². The fourth-order valence-corrected chi connectivity index (χ4v) is 1.44. The Labute approximate surface area is 104 Å². The molecule has 7 heteroatoms. The Morgan fingerprint density at radius 2 is 1.94 bits per heavy atom. The SMILES string of the molecule is CNC(=O)N(C)C(=O)Nc1ccc2c(c1)OCO2. The van der Waals surface area contributed by atoms with Gasteiger partial charge in [-0.1, -0.05) is 0 Å². The highest BCUT2D eigenvalue weighted by Crippen LogP contribution is 2.34. The summed E-state index contributed by atoms with van der Waals surface area (Å²) in [5.41, 5.74) is 0.528. The van der Waals surface area contributed by atoms with Gasteiger partial charge in [-0.2, -0.15) is 0 Å². The standard InChI is InChI=1S/C11H13N3O4/c1-12-10(15)14(2)11(16)13-7-3-4-8-9(5-7)18-6-17-8/h3-5H,6H2,1-2H3,(H,12,15)(H,13,16). The molecule has 0 fully saturated rings. The first-order valence-electron chi connectivity index (χ1n) is 5.28. The molecule has 0 unspecified atom stereocenters. The molecule has 0 saturated heterocycles. The summed E-state index contributed by atoms with van der Waals surface area (Å²) < 4.78 is 10.3. The van der Waals surface area contributed by atoms with Crippen LogP contribution in [-0.2, 0) is 0 Å². The van der Waals surface area contributed by atoms with Gasteiger partial charge in [-0.25, -0.2) is 14.5 Å². The highest BCUT2D eigenvalue weighted by Gasteiger charge is 2.17. The van der Waals surface area contributed by atoms with E-state index >= 15 is 0 Å². The number of anilines is 1. The lowest BCUT2D eigenvalue weighted by molar-refractivity contribution is 0.174. The molecule has 0 saturated carbocycles. The fraction of sp³-hybridized carbons (Fsp3) is 0.273. The predicted molar refractivity (Wildman–Crippen MR) is 63.8 cm³/mol. The summed E-state index contributed by atoms with van der Waals surface area (Å²) in [6.07, 6.45) is 0. The molecular formula is C11H13N3O4. The van der Waals surface area contributed by atoms with Crippen molar-refractivity contribution in [2.75, 3.05) is 26.2 Å². The summed E-state index contributed by atoms with van der Waals surface area (Å²) >= 11 is 0. The van der Waals surface area contributed by atoms with E-state index in [1.165, 1.54) is 14.1 Å². The third-order valence-corrected chi connectivity index (χ3v) is 2.45. The summed E-state index contributed by atoms with van der Waals surface area (Å²) in [4.78, 5) is 23.9. The predicted octanol–water partition coefficient (Wildman–Crippen LogP) is 1.22. The lowest BCUT2D eigenvalue weighted by Crippen LogP contribution is -2.41. The van der Waals surface area contributed by atoms with Crippen LogP contribution in [0.25, 0.3) is 0 Å². The molecule has 0 aromatic heterocycles. The van der Waals surface area contributed by atoms with E-state index in [1.54, 1.807) is 18.2 Å². The quantitative estimate of drug-likeness (QED) is 0.786. The molecule has 1 heterocycles. The second kappa shape index (κ2) is 4.82. The van der Waals surface area contributed by atoms with Crippen molar-refractivity contribution < 1.29 is 19.1 Å². The zero-order chi connectivity index (χ0) is 13.1. The third-order valence-electron chi connectivity index (χ3n) is 2.45. The van der Waals surface area contributed by atoms with E-state index in [1.807, 2.05) is 0 Å². The van der Waals surface area contributed by atoms with Gasteiger partial charge in [-0.05, 0) is 12.1 Å². The zero-order valence-corrected chi connectivity index (χ0v) is 10.0. The summed E-state index contributed by atoms with van der Waals surface area (Å²) in [5.74, 6) is 1.20. The number of urea groups is 2. The highest BCUT2D eigenvalue weighted by molar-refractivity contribution is 6.00. The number of fused-ring (bicyclic) bond motifs is 1. The van der Waals surface area contributed by atoms with Crippen LogP contribution in [-0.4, -0.2) is 37.9 Å². The maximum atomic E-state index is 11.7. The molecule has 0 atom stereocenters. The molecule has 0 bridgehead atoms. The Balaban J connectivity index is 2.05. The van der Waals surface area contributed by atoms with E-state index < -0.39 is 12.1 Å². The van der Waals surface area contributed by atoms with Gasteiger partial charge in [0.1, 0.15) is 0 Å². The minimum absolute atomic E-state index is 0.172. The number of nitrogens with one attached hydrogen (secondary N) is 2. The van der Waals surface area contributed by atoms with Gasteiger partial charge >= 0.3 is 12.1 Å². The molecule has 0 radical (unpaired) electrons. The summed E-state index contributed by atoms with van der Waals surface area (Å²) in [7, 11) is 2.83. The molecule has 4 amide bonds.